The molecule has 1 aliphatic rings. The number of benzene rings is 1. The zero-order valence-corrected chi connectivity index (χ0v) is 13.4. The fourth-order valence-electron chi connectivity index (χ4n) is 3.56. The van der Waals surface area contributed by atoms with Gasteiger partial charge in [-0.3, -0.25) is 10.1 Å². The second kappa shape index (κ2) is 6.65. The zero-order valence-electron chi connectivity index (χ0n) is 12.7. The van der Waals surface area contributed by atoms with Gasteiger partial charge in [0.2, 0.25) is 0 Å². The number of nitrogens with zero attached hydrogens (tertiary/aromatic N) is 1. The van der Waals surface area contributed by atoms with Crippen molar-refractivity contribution in [3.05, 3.63) is 33.3 Å². The average molecular weight is 311 g/mol. The quantitative estimate of drug-likeness (QED) is 0.575. The first-order valence-electron chi connectivity index (χ1n) is 7.60. The molecule has 1 N–H and O–H groups in total. The minimum absolute atomic E-state index is 0.0557. The summed E-state index contributed by atoms with van der Waals surface area (Å²) in [6.45, 7) is 5.23. The molecule has 0 aliphatic heterocycles. The van der Waals surface area contributed by atoms with Crippen molar-refractivity contribution in [1.29, 1.82) is 0 Å². The summed E-state index contributed by atoms with van der Waals surface area (Å²) in [4.78, 5) is 10.8. The number of nitrogens with one attached hydrogen (secondary N) is 1. The first-order chi connectivity index (χ1) is 9.93. The fraction of sp³-hybridized carbons (Fsp3) is 0.625. The number of anilines is 1. The maximum absolute atomic E-state index is 11.1. The standard InChI is InChI=1S/C16H23ClN2O2/c1-12(2)10-16(8-3-4-9-16)11-18-15-13(17)6-5-7-14(15)19(20)21/h5-7,12,18H,3-4,8-11H2,1-2H3. The van der Waals surface area contributed by atoms with Crippen LogP contribution in [0.5, 0.6) is 0 Å². The number of nitro benzene ring substituents is 1. The highest BCUT2D eigenvalue weighted by atomic mass is 35.5. The molecular weight excluding hydrogens is 288 g/mol. The van der Waals surface area contributed by atoms with Gasteiger partial charge in [-0.25, -0.2) is 0 Å². The SMILES string of the molecule is CC(C)CC1(CNc2c(Cl)cccc2[N+](=O)[O-])CCCC1. The highest BCUT2D eigenvalue weighted by Crippen LogP contribution is 2.44. The van der Waals surface area contributed by atoms with E-state index in [1.807, 2.05) is 0 Å². The predicted octanol–water partition coefficient (Wildman–Crippen LogP) is 5.27. The van der Waals surface area contributed by atoms with E-state index in [-0.39, 0.29) is 16.0 Å². The van der Waals surface area contributed by atoms with Crippen molar-refractivity contribution in [3.8, 4) is 0 Å². The predicted molar refractivity (Wildman–Crippen MR) is 87.0 cm³/mol. The summed E-state index contributed by atoms with van der Waals surface area (Å²) in [5.41, 5.74) is 0.765. The second-order valence-corrected chi connectivity index (χ2v) is 6.96. The van der Waals surface area contributed by atoms with Crippen molar-refractivity contribution < 1.29 is 4.92 Å². The summed E-state index contributed by atoms with van der Waals surface area (Å²) in [5, 5.41) is 14.8. The molecule has 1 aliphatic carbocycles. The molecule has 0 atom stereocenters. The van der Waals surface area contributed by atoms with Crippen LogP contribution in [-0.4, -0.2) is 11.5 Å². The number of para-hydroxylation sites is 1. The lowest BCUT2D eigenvalue weighted by atomic mass is 9.78. The molecule has 0 aromatic heterocycles. The summed E-state index contributed by atoms with van der Waals surface area (Å²) in [5.74, 6) is 0.631. The Bertz CT molecular complexity index is 511. The van der Waals surface area contributed by atoms with E-state index in [1.54, 1.807) is 12.1 Å². The number of hydrogen-bond donors (Lipinski definition) is 1. The van der Waals surface area contributed by atoms with Crippen LogP contribution >= 0.6 is 11.6 Å². The van der Waals surface area contributed by atoms with Crippen molar-refractivity contribution in [1.82, 2.24) is 0 Å². The zero-order chi connectivity index (χ0) is 15.5. The minimum atomic E-state index is -0.377. The Morgan fingerprint density at radius 3 is 2.62 bits per heavy atom. The van der Waals surface area contributed by atoms with Crippen LogP contribution in [0.3, 0.4) is 0 Å². The molecular formula is C16H23ClN2O2. The largest absolute Gasteiger partial charge is 0.378 e. The number of nitro groups is 1. The van der Waals surface area contributed by atoms with Crippen LogP contribution in [0.25, 0.3) is 0 Å². The Labute approximate surface area is 131 Å². The molecule has 4 nitrogen and oxygen atoms in total. The molecule has 1 aromatic rings. The number of halogens is 1. The van der Waals surface area contributed by atoms with Gasteiger partial charge >= 0.3 is 0 Å². The van der Waals surface area contributed by atoms with E-state index in [0.717, 1.165) is 13.0 Å². The molecule has 116 valence electrons. The van der Waals surface area contributed by atoms with Gasteiger partial charge < -0.3 is 5.32 Å². The van der Waals surface area contributed by atoms with Crippen LogP contribution in [0.2, 0.25) is 5.02 Å². The first kappa shape index (κ1) is 16.1. The highest BCUT2D eigenvalue weighted by Gasteiger charge is 2.34. The summed E-state index contributed by atoms with van der Waals surface area (Å²) in [7, 11) is 0. The van der Waals surface area contributed by atoms with E-state index in [9.17, 15) is 10.1 Å². The maximum atomic E-state index is 11.1. The molecule has 2 rings (SSSR count). The number of hydrogen-bond acceptors (Lipinski definition) is 3. The van der Waals surface area contributed by atoms with E-state index in [2.05, 4.69) is 19.2 Å². The van der Waals surface area contributed by atoms with E-state index < -0.39 is 0 Å². The smallest absolute Gasteiger partial charge is 0.293 e. The summed E-state index contributed by atoms with van der Waals surface area (Å²) < 4.78 is 0. The summed E-state index contributed by atoms with van der Waals surface area (Å²) in [6, 6.07) is 4.81. The van der Waals surface area contributed by atoms with Crippen LogP contribution < -0.4 is 5.32 Å². The first-order valence-corrected chi connectivity index (χ1v) is 7.98. The van der Waals surface area contributed by atoms with Gasteiger partial charge in [-0.1, -0.05) is 44.4 Å². The topological polar surface area (TPSA) is 55.2 Å². The van der Waals surface area contributed by atoms with E-state index in [0.29, 0.717) is 16.6 Å². The third kappa shape index (κ3) is 3.88. The van der Waals surface area contributed by atoms with Gasteiger partial charge in [-0.2, -0.15) is 0 Å². The van der Waals surface area contributed by atoms with Crippen molar-refractivity contribution in [2.75, 3.05) is 11.9 Å². The Balaban J connectivity index is 2.16. The van der Waals surface area contributed by atoms with Crippen LogP contribution in [0.1, 0.15) is 46.0 Å². The van der Waals surface area contributed by atoms with E-state index in [1.165, 1.54) is 31.7 Å². The lowest BCUT2D eigenvalue weighted by Gasteiger charge is -2.31. The number of rotatable bonds is 6. The van der Waals surface area contributed by atoms with Crippen LogP contribution in [0.15, 0.2) is 18.2 Å². The molecule has 0 amide bonds. The van der Waals surface area contributed by atoms with Crippen molar-refractivity contribution >= 4 is 23.0 Å². The summed E-state index contributed by atoms with van der Waals surface area (Å²) in [6.07, 6.45) is 6.03. The lowest BCUT2D eigenvalue weighted by molar-refractivity contribution is -0.384. The monoisotopic (exact) mass is 310 g/mol. The van der Waals surface area contributed by atoms with Crippen LogP contribution in [0.4, 0.5) is 11.4 Å². The molecule has 21 heavy (non-hydrogen) atoms. The molecule has 1 aromatic carbocycles. The van der Waals surface area contributed by atoms with Gasteiger partial charge in [-0.15, -0.1) is 0 Å². The van der Waals surface area contributed by atoms with Crippen molar-refractivity contribution in [2.24, 2.45) is 11.3 Å². The molecule has 1 saturated carbocycles. The second-order valence-electron chi connectivity index (χ2n) is 6.55. The fourth-order valence-corrected chi connectivity index (χ4v) is 3.80. The van der Waals surface area contributed by atoms with Gasteiger partial charge in [0.1, 0.15) is 5.69 Å². The Kier molecular flexibility index (Phi) is 5.09. The molecule has 1 fully saturated rings. The molecule has 0 heterocycles. The van der Waals surface area contributed by atoms with Gasteiger partial charge in [-0.05, 0) is 36.7 Å². The highest BCUT2D eigenvalue weighted by molar-refractivity contribution is 6.33. The van der Waals surface area contributed by atoms with Crippen LogP contribution in [-0.2, 0) is 0 Å². The minimum Gasteiger partial charge on any atom is -0.378 e. The van der Waals surface area contributed by atoms with Gasteiger partial charge in [0.25, 0.3) is 5.69 Å². The molecule has 0 spiro atoms. The van der Waals surface area contributed by atoms with Crippen molar-refractivity contribution in [2.45, 2.75) is 46.0 Å². The third-order valence-electron chi connectivity index (χ3n) is 4.33. The Morgan fingerprint density at radius 1 is 1.38 bits per heavy atom. The van der Waals surface area contributed by atoms with Crippen LogP contribution in [0, 0.1) is 21.4 Å². The van der Waals surface area contributed by atoms with E-state index >= 15 is 0 Å². The van der Waals surface area contributed by atoms with Crippen molar-refractivity contribution in [3.63, 3.8) is 0 Å². The molecule has 0 bridgehead atoms. The Morgan fingerprint density at radius 2 is 2.05 bits per heavy atom. The lowest BCUT2D eigenvalue weighted by Crippen LogP contribution is -2.28. The molecule has 0 unspecified atom stereocenters. The van der Waals surface area contributed by atoms with E-state index in [4.69, 9.17) is 11.6 Å². The van der Waals surface area contributed by atoms with Gasteiger partial charge in [0, 0.05) is 12.6 Å². The molecule has 0 radical (unpaired) electrons. The summed E-state index contributed by atoms with van der Waals surface area (Å²) >= 11 is 6.14. The molecule has 0 saturated heterocycles. The van der Waals surface area contributed by atoms with Gasteiger partial charge in [0.05, 0.1) is 9.95 Å². The molecule has 5 heteroatoms. The Hall–Kier alpha value is -1.29. The maximum Gasteiger partial charge on any atom is 0.293 e. The van der Waals surface area contributed by atoms with Gasteiger partial charge in [0.15, 0.2) is 0 Å². The average Bonchev–Trinajstić information content (AvgIpc) is 2.85. The third-order valence-corrected chi connectivity index (χ3v) is 4.65. The normalized spacial score (nSPS) is 17.1.